The summed E-state index contributed by atoms with van der Waals surface area (Å²) >= 11 is 0. The van der Waals surface area contributed by atoms with E-state index in [0.717, 1.165) is 6.42 Å². The summed E-state index contributed by atoms with van der Waals surface area (Å²) in [5.74, 6) is -0.402. The lowest BCUT2D eigenvalue weighted by Gasteiger charge is -2.20. The van der Waals surface area contributed by atoms with Gasteiger partial charge in [0.05, 0.1) is 7.11 Å². The first-order chi connectivity index (χ1) is 5.54. The maximum absolute atomic E-state index is 11.0. The maximum Gasteiger partial charge on any atom is 0.325 e. The number of ether oxygens (including phenoxy) is 1. The van der Waals surface area contributed by atoms with E-state index in [9.17, 15) is 4.79 Å². The topological polar surface area (TPSA) is 72.5 Å². The normalized spacial score (nSPS) is 15.3. The molecule has 1 unspecified atom stereocenters. The minimum absolute atomic E-state index is 0.136. The molecule has 3 N–H and O–H groups in total. The lowest BCUT2D eigenvalue weighted by Crippen LogP contribution is -2.45. The van der Waals surface area contributed by atoms with Crippen molar-refractivity contribution in [2.45, 2.75) is 31.7 Å². The Hall–Kier alpha value is -0.610. The molecule has 72 valence electrons. The lowest BCUT2D eigenvalue weighted by molar-refractivity contribution is -0.146. The van der Waals surface area contributed by atoms with Gasteiger partial charge in [0.15, 0.2) is 0 Å². The summed E-state index contributed by atoms with van der Waals surface area (Å²) in [6, 6.07) is 0. The van der Waals surface area contributed by atoms with Gasteiger partial charge in [-0.3, -0.25) is 4.79 Å². The van der Waals surface area contributed by atoms with Gasteiger partial charge in [-0.05, 0) is 26.2 Å². The van der Waals surface area contributed by atoms with E-state index in [1.165, 1.54) is 7.11 Å². The first-order valence-corrected chi connectivity index (χ1v) is 4.02. The van der Waals surface area contributed by atoms with Crippen LogP contribution in [0.1, 0.15) is 26.2 Å². The van der Waals surface area contributed by atoms with E-state index < -0.39 is 11.5 Å². The number of rotatable bonds is 5. The van der Waals surface area contributed by atoms with Crippen molar-refractivity contribution in [1.82, 2.24) is 0 Å². The highest BCUT2D eigenvalue weighted by molar-refractivity contribution is 5.79. The van der Waals surface area contributed by atoms with Crippen LogP contribution in [0.5, 0.6) is 0 Å². The molecule has 0 spiro atoms. The van der Waals surface area contributed by atoms with Gasteiger partial charge in [-0.15, -0.1) is 0 Å². The molecule has 4 heteroatoms. The number of methoxy groups -OCH3 is 1. The summed E-state index contributed by atoms with van der Waals surface area (Å²) in [7, 11) is 1.32. The van der Waals surface area contributed by atoms with Gasteiger partial charge in [0.2, 0.25) is 0 Å². The molecule has 0 radical (unpaired) electrons. The summed E-state index contributed by atoms with van der Waals surface area (Å²) in [4.78, 5) is 11.0. The monoisotopic (exact) mass is 175 g/mol. The van der Waals surface area contributed by atoms with Crippen molar-refractivity contribution in [2.24, 2.45) is 5.73 Å². The van der Waals surface area contributed by atoms with Crippen LogP contribution < -0.4 is 5.73 Å². The zero-order chi connectivity index (χ0) is 9.61. The molecule has 0 amide bonds. The fourth-order valence-corrected chi connectivity index (χ4v) is 0.939. The van der Waals surface area contributed by atoms with Gasteiger partial charge < -0.3 is 15.6 Å². The van der Waals surface area contributed by atoms with Crippen LogP contribution in [0.25, 0.3) is 0 Å². The summed E-state index contributed by atoms with van der Waals surface area (Å²) in [5, 5.41) is 8.50. The molecular weight excluding hydrogens is 158 g/mol. The lowest BCUT2D eigenvalue weighted by atomic mass is 9.96. The fraction of sp³-hybridized carbons (Fsp3) is 0.875. The minimum atomic E-state index is -0.913. The summed E-state index contributed by atoms with van der Waals surface area (Å²) < 4.78 is 4.52. The summed E-state index contributed by atoms with van der Waals surface area (Å²) in [6.45, 7) is 1.77. The van der Waals surface area contributed by atoms with Crippen molar-refractivity contribution in [3.63, 3.8) is 0 Å². The fourth-order valence-electron chi connectivity index (χ4n) is 0.939. The predicted molar refractivity (Wildman–Crippen MR) is 45.5 cm³/mol. The van der Waals surface area contributed by atoms with Crippen molar-refractivity contribution in [2.75, 3.05) is 13.7 Å². The quantitative estimate of drug-likeness (QED) is 0.457. The first kappa shape index (κ1) is 11.4. The summed E-state index contributed by atoms with van der Waals surface area (Å²) in [6.07, 6.45) is 1.95. The molecule has 0 aromatic heterocycles. The predicted octanol–water partition coefficient (Wildman–Crippen LogP) is 0.0394. The molecule has 0 heterocycles. The van der Waals surface area contributed by atoms with Crippen LogP contribution in [0.3, 0.4) is 0 Å². The molecule has 0 aromatic rings. The third-order valence-electron chi connectivity index (χ3n) is 1.76. The molecule has 4 nitrogen and oxygen atoms in total. The highest BCUT2D eigenvalue weighted by Crippen LogP contribution is 2.11. The molecule has 0 aliphatic rings. The third-order valence-corrected chi connectivity index (χ3v) is 1.76. The molecule has 0 aliphatic carbocycles. The molecule has 0 aliphatic heterocycles. The van der Waals surface area contributed by atoms with Crippen LogP contribution in [-0.2, 0) is 9.53 Å². The van der Waals surface area contributed by atoms with Crippen LogP contribution >= 0.6 is 0 Å². The largest absolute Gasteiger partial charge is 0.468 e. The zero-order valence-electron chi connectivity index (χ0n) is 7.67. The first-order valence-electron chi connectivity index (χ1n) is 4.02. The molecule has 0 fully saturated rings. The zero-order valence-corrected chi connectivity index (χ0v) is 7.67. The van der Waals surface area contributed by atoms with E-state index in [1.807, 2.05) is 0 Å². The van der Waals surface area contributed by atoms with Gasteiger partial charge in [0.25, 0.3) is 0 Å². The second kappa shape index (κ2) is 5.11. The number of hydrogen-bond acceptors (Lipinski definition) is 4. The summed E-state index contributed by atoms with van der Waals surface area (Å²) in [5.41, 5.74) is 4.74. The third kappa shape index (κ3) is 3.69. The minimum Gasteiger partial charge on any atom is -0.468 e. The van der Waals surface area contributed by atoms with Crippen molar-refractivity contribution >= 4 is 5.97 Å². The van der Waals surface area contributed by atoms with E-state index in [-0.39, 0.29) is 6.61 Å². The molecule has 0 saturated carbocycles. The molecule has 12 heavy (non-hydrogen) atoms. The van der Waals surface area contributed by atoms with Crippen LogP contribution in [0.4, 0.5) is 0 Å². The second-order valence-electron chi connectivity index (χ2n) is 3.09. The van der Waals surface area contributed by atoms with Crippen molar-refractivity contribution < 1.29 is 14.6 Å². The smallest absolute Gasteiger partial charge is 0.325 e. The molecule has 0 saturated heterocycles. The van der Waals surface area contributed by atoms with E-state index in [0.29, 0.717) is 12.8 Å². The molecule has 0 rings (SSSR count). The van der Waals surface area contributed by atoms with Gasteiger partial charge in [-0.1, -0.05) is 0 Å². The Labute approximate surface area is 72.7 Å². The van der Waals surface area contributed by atoms with Gasteiger partial charge in [-0.2, -0.15) is 0 Å². The Kier molecular flexibility index (Phi) is 4.85. The number of hydrogen-bond donors (Lipinski definition) is 2. The van der Waals surface area contributed by atoms with Crippen LogP contribution in [0, 0.1) is 0 Å². The Morgan fingerprint density at radius 2 is 2.17 bits per heavy atom. The number of aliphatic hydroxyl groups excluding tert-OH is 1. The Morgan fingerprint density at radius 1 is 1.58 bits per heavy atom. The van der Waals surface area contributed by atoms with E-state index in [2.05, 4.69) is 4.74 Å². The van der Waals surface area contributed by atoms with Crippen molar-refractivity contribution in [3.8, 4) is 0 Å². The highest BCUT2D eigenvalue weighted by Gasteiger charge is 2.28. The van der Waals surface area contributed by atoms with E-state index >= 15 is 0 Å². The van der Waals surface area contributed by atoms with Crippen LogP contribution in [-0.4, -0.2) is 30.3 Å². The molecule has 0 bridgehead atoms. The van der Waals surface area contributed by atoms with E-state index in [1.54, 1.807) is 6.92 Å². The van der Waals surface area contributed by atoms with Gasteiger partial charge in [0, 0.05) is 6.61 Å². The average molecular weight is 175 g/mol. The Balaban J connectivity index is 3.78. The highest BCUT2D eigenvalue weighted by atomic mass is 16.5. The second-order valence-corrected chi connectivity index (χ2v) is 3.09. The number of unbranched alkanes of at least 4 members (excludes halogenated alkanes) is 1. The van der Waals surface area contributed by atoms with Gasteiger partial charge in [0.1, 0.15) is 5.54 Å². The van der Waals surface area contributed by atoms with Crippen molar-refractivity contribution in [3.05, 3.63) is 0 Å². The molecule has 0 aromatic carbocycles. The van der Waals surface area contributed by atoms with Gasteiger partial charge >= 0.3 is 5.97 Å². The van der Waals surface area contributed by atoms with Gasteiger partial charge in [-0.25, -0.2) is 0 Å². The number of carbonyl (C=O) groups is 1. The number of aliphatic hydroxyl groups is 1. The number of esters is 1. The van der Waals surface area contributed by atoms with E-state index in [4.69, 9.17) is 10.8 Å². The number of nitrogens with two attached hydrogens (primary N) is 1. The van der Waals surface area contributed by atoms with Crippen LogP contribution in [0.2, 0.25) is 0 Å². The van der Waals surface area contributed by atoms with Crippen molar-refractivity contribution in [1.29, 1.82) is 0 Å². The van der Waals surface area contributed by atoms with Crippen LogP contribution in [0.15, 0.2) is 0 Å². The number of carbonyl (C=O) groups excluding carboxylic acids is 1. The SMILES string of the molecule is COC(=O)C(C)(N)CCCCO. The Bertz CT molecular complexity index is 145. The maximum atomic E-state index is 11.0. The molecular formula is C8H17NO3. The standard InChI is InChI=1S/C8H17NO3/c1-8(9,7(11)12-2)5-3-4-6-10/h10H,3-6,9H2,1-2H3. The average Bonchev–Trinajstić information content (AvgIpc) is 2.03. The Morgan fingerprint density at radius 3 is 2.58 bits per heavy atom. The molecule has 1 atom stereocenters.